The highest BCUT2D eigenvalue weighted by atomic mass is 35.5. The molecule has 2 unspecified atom stereocenters. The number of halogens is 1. The molecule has 2 atom stereocenters. The second-order valence-electron chi connectivity index (χ2n) is 5.63. The molecule has 0 radical (unpaired) electrons. The number of carbonyl (C=O) groups is 1. The third-order valence-electron chi connectivity index (χ3n) is 4.70. The average Bonchev–Trinajstić information content (AvgIpc) is 2.58. The quantitative estimate of drug-likeness (QED) is 0.846. The van der Waals surface area contributed by atoms with Crippen LogP contribution in [0.1, 0.15) is 46.0 Å². The maximum absolute atomic E-state index is 12.5. The van der Waals surface area contributed by atoms with Crippen LogP contribution in [-0.2, 0) is 4.79 Å². The van der Waals surface area contributed by atoms with Crippen molar-refractivity contribution < 1.29 is 4.79 Å². The first-order valence-corrected chi connectivity index (χ1v) is 6.64. The van der Waals surface area contributed by atoms with E-state index in [0.29, 0.717) is 24.4 Å². The van der Waals surface area contributed by atoms with Gasteiger partial charge in [-0.1, -0.05) is 13.3 Å². The van der Waals surface area contributed by atoms with E-state index in [0.717, 1.165) is 32.2 Å². The molecule has 0 aromatic heterocycles. The number of nitrogens with two attached hydrogens (primary N) is 1. The van der Waals surface area contributed by atoms with Gasteiger partial charge in [-0.3, -0.25) is 4.79 Å². The Morgan fingerprint density at radius 1 is 1.47 bits per heavy atom. The van der Waals surface area contributed by atoms with Crippen LogP contribution in [-0.4, -0.2) is 29.9 Å². The summed E-state index contributed by atoms with van der Waals surface area (Å²) in [5, 5.41) is 0. The van der Waals surface area contributed by atoms with Gasteiger partial charge in [0.25, 0.3) is 0 Å². The van der Waals surface area contributed by atoms with Gasteiger partial charge in [-0.15, -0.1) is 12.4 Å². The Morgan fingerprint density at radius 2 is 2.12 bits per heavy atom. The van der Waals surface area contributed by atoms with Crippen LogP contribution in [0, 0.1) is 11.3 Å². The largest absolute Gasteiger partial charge is 0.339 e. The monoisotopic (exact) mass is 260 g/mol. The minimum atomic E-state index is -0.00223. The lowest BCUT2D eigenvalue weighted by molar-refractivity contribution is -0.148. The summed E-state index contributed by atoms with van der Waals surface area (Å²) in [7, 11) is 0. The van der Waals surface area contributed by atoms with Gasteiger partial charge < -0.3 is 10.6 Å². The van der Waals surface area contributed by atoms with Crippen molar-refractivity contribution in [2.24, 2.45) is 17.1 Å². The molecule has 2 rings (SSSR count). The standard InChI is InChI=1S/C13H24N2O.ClH/c1-3-13(5-4-6-13)12(16)15-9-11(8-14)7-10(15)2;/h10-11H,3-9,14H2,1-2H3;1H. The number of hydrogen-bond donors (Lipinski definition) is 1. The third-order valence-corrected chi connectivity index (χ3v) is 4.70. The van der Waals surface area contributed by atoms with Crippen LogP contribution < -0.4 is 5.73 Å². The molecule has 0 spiro atoms. The second-order valence-corrected chi connectivity index (χ2v) is 5.63. The topological polar surface area (TPSA) is 46.3 Å². The van der Waals surface area contributed by atoms with Gasteiger partial charge in [-0.25, -0.2) is 0 Å². The van der Waals surface area contributed by atoms with Crippen molar-refractivity contribution >= 4 is 18.3 Å². The van der Waals surface area contributed by atoms with Crippen molar-refractivity contribution in [1.82, 2.24) is 4.90 Å². The summed E-state index contributed by atoms with van der Waals surface area (Å²) in [6, 6.07) is 0.394. The molecule has 0 aromatic carbocycles. The molecule has 4 heteroatoms. The van der Waals surface area contributed by atoms with E-state index in [1.807, 2.05) is 0 Å². The highest BCUT2D eigenvalue weighted by Gasteiger charge is 2.47. The zero-order valence-electron chi connectivity index (χ0n) is 10.9. The third kappa shape index (κ3) is 2.45. The van der Waals surface area contributed by atoms with E-state index in [1.54, 1.807) is 0 Å². The van der Waals surface area contributed by atoms with Gasteiger partial charge in [0.15, 0.2) is 0 Å². The van der Waals surface area contributed by atoms with Crippen LogP contribution in [0.3, 0.4) is 0 Å². The fourth-order valence-corrected chi connectivity index (χ4v) is 3.22. The second kappa shape index (κ2) is 5.57. The molecule has 1 heterocycles. The van der Waals surface area contributed by atoms with Gasteiger partial charge in [-0.2, -0.15) is 0 Å². The Hall–Kier alpha value is -0.280. The van der Waals surface area contributed by atoms with Crippen LogP contribution in [0.15, 0.2) is 0 Å². The molecular formula is C13H25ClN2O. The number of amides is 1. The van der Waals surface area contributed by atoms with Gasteiger partial charge in [0.05, 0.1) is 0 Å². The summed E-state index contributed by atoms with van der Waals surface area (Å²) in [4.78, 5) is 14.6. The molecule has 2 fully saturated rings. The molecule has 1 saturated carbocycles. The molecule has 2 aliphatic rings. The predicted octanol–water partition coefficient (Wildman–Crippen LogP) is 2.18. The number of nitrogens with zero attached hydrogens (tertiary/aromatic N) is 1. The summed E-state index contributed by atoms with van der Waals surface area (Å²) in [6.07, 6.45) is 5.50. The molecule has 1 aliphatic carbocycles. The highest BCUT2D eigenvalue weighted by Crippen LogP contribution is 2.46. The van der Waals surface area contributed by atoms with E-state index in [4.69, 9.17) is 5.73 Å². The summed E-state index contributed by atoms with van der Waals surface area (Å²) in [5.74, 6) is 0.928. The number of carbonyl (C=O) groups excluding carboxylic acids is 1. The van der Waals surface area contributed by atoms with Crippen LogP contribution in [0.25, 0.3) is 0 Å². The van der Waals surface area contributed by atoms with Crippen molar-refractivity contribution in [3.8, 4) is 0 Å². The summed E-state index contributed by atoms with van der Waals surface area (Å²) in [5.41, 5.74) is 5.71. The molecule has 1 amide bonds. The summed E-state index contributed by atoms with van der Waals surface area (Å²) < 4.78 is 0. The lowest BCUT2D eigenvalue weighted by Crippen LogP contribution is -2.49. The smallest absolute Gasteiger partial charge is 0.229 e. The maximum Gasteiger partial charge on any atom is 0.229 e. The summed E-state index contributed by atoms with van der Waals surface area (Å²) >= 11 is 0. The van der Waals surface area contributed by atoms with Gasteiger partial charge in [0.2, 0.25) is 5.91 Å². The molecule has 100 valence electrons. The van der Waals surface area contributed by atoms with Crippen LogP contribution in [0.2, 0.25) is 0 Å². The number of hydrogen-bond acceptors (Lipinski definition) is 2. The lowest BCUT2D eigenvalue weighted by Gasteiger charge is -2.43. The molecule has 3 nitrogen and oxygen atoms in total. The highest BCUT2D eigenvalue weighted by molar-refractivity contribution is 5.85. The SMILES string of the molecule is CCC1(C(=O)N2CC(CN)CC2C)CCC1.Cl. The Balaban J connectivity index is 0.00000144. The van der Waals surface area contributed by atoms with Crippen molar-refractivity contribution in [3.63, 3.8) is 0 Å². The lowest BCUT2D eigenvalue weighted by atomic mass is 9.66. The van der Waals surface area contributed by atoms with Gasteiger partial charge in [0.1, 0.15) is 0 Å². The molecule has 17 heavy (non-hydrogen) atoms. The Morgan fingerprint density at radius 3 is 2.47 bits per heavy atom. The summed E-state index contributed by atoms with van der Waals surface area (Å²) in [6.45, 7) is 5.92. The first-order valence-electron chi connectivity index (χ1n) is 6.64. The van der Waals surface area contributed by atoms with Crippen molar-refractivity contribution in [1.29, 1.82) is 0 Å². The molecule has 0 aromatic rings. The Kier molecular flexibility index (Phi) is 4.85. The van der Waals surface area contributed by atoms with Crippen LogP contribution >= 0.6 is 12.4 Å². The molecule has 1 aliphatic heterocycles. The average molecular weight is 261 g/mol. The fraction of sp³-hybridized carbons (Fsp3) is 0.923. The Bertz CT molecular complexity index is 273. The molecular weight excluding hydrogens is 236 g/mol. The van der Waals surface area contributed by atoms with Gasteiger partial charge in [-0.05, 0) is 45.1 Å². The Labute approximate surface area is 111 Å². The molecule has 0 bridgehead atoms. The zero-order valence-corrected chi connectivity index (χ0v) is 11.8. The van der Waals surface area contributed by atoms with Crippen molar-refractivity contribution in [2.75, 3.05) is 13.1 Å². The number of likely N-dealkylation sites (tertiary alicyclic amines) is 1. The first kappa shape index (κ1) is 14.8. The molecule has 2 N–H and O–H groups in total. The number of rotatable bonds is 3. The van der Waals surface area contributed by atoms with Crippen molar-refractivity contribution in [2.45, 2.75) is 52.0 Å². The minimum Gasteiger partial charge on any atom is -0.339 e. The maximum atomic E-state index is 12.5. The predicted molar refractivity (Wildman–Crippen MR) is 72.2 cm³/mol. The molecule has 1 saturated heterocycles. The van der Waals surface area contributed by atoms with Gasteiger partial charge >= 0.3 is 0 Å². The van der Waals surface area contributed by atoms with E-state index in [9.17, 15) is 4.79 Å². The van der Waals surface area contributed by atoms with E-state index in [-0.39, 0.29) is 17.8 Å². The normalized spacial score (nSPS) is 30.6. The van der Waals surface area contributed by atoms with Gasteiger partial charge in [0, 0.05) is 18.0 Å². The van der Waals surface area contributed by atoms with E-state index in [1.165, 1.54) is 6.42 Å². The first-order chi connectivity index (χ1) is 7.63. The van der Waals surface area contributed by atoms with Crippen molar-refractivity contribution in [3.05, 3.63) is 0 Å². The van der Waals surface area contributed by atoms with Crippen LogP contribution in [0.5, 0.6) is 0 Å². The van der Waals surface area contributed by atoms with E-state index >= 15 is 0 Å². The van der Waals surface area contributed by atoms with Crippen LogP contribution in [0.4, 0.5) is 0 Å². The fourth-order valence-electron chi connectivity index (χ4n) is 3.22. The minimum absolute atomic E-state index is 0. The van der Waals surface area contributed by atoms with E-state index in [2.05, 4.69) is 18.7 Å². The zero-order chi connectivity index (χ0) is 11.8. The van der Waals surface area contributed by atoms with E-state index < -0.39 is 0 Å².